The summed E-state index contributed by atoms with van der Waals surface area (Å²) in [5.41, 5.74) is 23.9. The average Bonchev–Trinajstić information content (AvgIpc) is 1.65. The van der Waals surface area contributed by atoms with Crippen LogP contribution in [0.1, 0.15) is 16.7 Å². The van der Waals surface area contributed by atoms with Gasteiger partial charge in [0, 0.05) is 38.2 Å². The van der Waals surface area contributed by atoms with Crippen molar-refractivity contribution in [3.05, 3.63) is 344 Å². The number of nitrogens with zero attached hydrogens (tertiary/aromatic N) is 8. The van der Waals surface area contributed by atoms with E-state index in [9.17, 15) is 15.8 Å². The number of hydrogen-bond acceptors (Lipinski definition) is 6. The molecule has 454 valence electrons. The van der Waals surface area contributed by atoms with Gasteiger partial charge in [-0.25, -0.2) is 15.0 Å². The molecule has 0 aliphatic carbocycles. The van der Waals surface area contributed by atoms with E-state index in [0.717, 1.165) is 150 Å². The van der Waals surface area contributed by atoms with Crippen LogP contribution in [-0.2, 0) is 0 Å². The second-order valence-electron chi connectivity index (χ2n) is 24.5. The highest BCUT2D eigenvalue weighted by Crippen LogP contribution is 2.45. The molecule has 0 bridgehead atoms. The Bertz CT molecular complexity index is 5590. The maximum Gasteiger partial charge on any atom is 0.166 e. The molecule has 17 rings (SSSR count). The second kappa shape index (κ2) is 24.6. The molecule has 0 aliphatic rings. The lowest BCUT2D eigenvalue weighted by atomic mass is 9.99. The van der Waals surface area contributed by atoms with Gasteiger partial charge in [0.1, 0.15) is 0 Å². The minimum absolute atomic E-state index is 0.435. The van der Waals surface area contributed by atoms with Crippen LogP contribution < -0.4 is 0 Å². The van der Waals surface area contributed by atoms with Gasteiger partial charge >= 0.3 is 0 Å². The molecule has 0 unspecified atom stereocenters. The summed E-state index contributed by atoms with van der Waals surface area (Å²) >= 11 is 0. The van der Waals surface area contributed by atoms with Gasteiger partial charge in [-0.15, -0.1) is 0 Å². The lowest BCUT2D eigenvalue weighted by Crippen LogP contribution is -2.06. The minimum Gasteiger partial charge on any atom is -0.308 e. The van der Waals surface area contributed by atoms with Crippen LogP contribution >= 0.6 is 0 Å². The molecule has 17 aromatic rings. The van der Waals surface area contributed by atoms with Gasteiger partial charge in [0.2, 0.25) is 0 Å². The fraction of sp³-hybridized carbons (Fsp3) is 0. The number of aromatic nitrogens is 5. The van der Waals surface area contributed by atoms with Crippen molar-refractivity contribution in [2.45, 2.75) is 0 Å². The maximum atomic E-state index is 10.3. The smallest absolute Gasteiger partial charge is 0.166 e. The van der Waals surface area contributed by atoms with Gasteiger partial charge in [0.15, 0.2) is 17.5 Å². The predicted octanol–water partition coefficient (Wildman–Crippen LogP) is 22.4. The second-order valence-corrected chi connectivity index (χ2v) is 24.5. The lowest BCUT2D eigenvalue weighted by Gasteiger charge is -2.18. The first kappa shape index (κ1) is 58.0. The Morgan fingerprint density at radius 1 is 0.204 bits per heavy atom. The highest BCUT2D eigenvalue weighted by Gasteiger charge is 2.25. The maximum absolute atomic E-state index is 10.3. The summed E-state index contributed by atoms with van der Waals surface area (Å²) in [6.45, 7) is 0. The molecule has 0 atom stereocenters. The first-order valence-corrected chi connectivity index (χ1v) is 32.5. The van der Waals surface area contributed by atoms with E-state index in [2.05, 4.69) is 258 Å². The normalized spacial score (nSPS) is 11.2. The standard InChI is InChI=1S/C90H54N8/c91-55-58-27-29-65(30-28-58)66-31-33-67(34-32-66)88-94-89(76-41-35-74(68-25-13-15-59(47-68)56-92)53-86(76)97-82-43-37-70(61-17-5-1-6-18-61)49-78(82)79-50-71(38-44-83(79)97)62-19-7-2-8-20-62)96-90(95-88)77-42-36-75(69-26-14-16-60(48-69)57-93)54-87(77)98-84-45-39-72(63-21-9-3-10-22-63)51-80(84)81-52-73(40-46-85(81)98)64-23-11-4-12-24-64/h1-54H. The minimum atomic E-state index is 0.435. The number of benzene rings is 14. The molecule has 98 heavy (non-hydrogen) atoms. The Labute approximate surface area is 566 Å². The number of rotatable bonds is 12. The molecule has 0 aliphatic heterocycles. The predicted molar refractivity (Wildman–Crippen MR) is 397 cm³/mol. The van der Waals surface area contributed by atoms with Gasteiger partial charge in [-0.1, -0.05) is 218 Å². The van der Waals surface area contributed by atoms with E-state index in [1.807, 2.05) is 97.1 Å². The van der Waals surface area contributed by atoms with Crippen molar-refractivity contribution in [2.75, 3.05) is 0 Å². The Balaban J connectivity index is 0.952. The highest BCUT2D eigenvalue weighted by atomic mass is 15.1. The number of hydrogen-bond donors (Lipinski definition) is 0. The fourth-order valence-corrected chi connectivity index (χ4v) is 13.8. The first-order chi connectivity index (χ1) is 48.4. The Kier molecular flexibility index (Phi) is 14.5. The van der Waals surface area contributed by atoms with Gasteiger partial charge in [0.05, 0.1) is 68.3 Å². The topological polar surface area (TPSA) is 120 Å². The van der Waals surface area contributed by atoms with Crippen molar-refractivity contribution < 1.29 is 0 Å². The molecule has 0 amide bonds. The molecule has 0 radical (unpaired) electrons. The van der Waals surface area contributed by atoms with Crippen LogP contribution in [0.25, 0.3) is 167 Å². The molecule has 0 N–H and O–H groups in total. The summed E-state index contributed by atoms with van der Waals surface area (Å²) in [6, 6.07) is 120. The first-order valence-electron chi connectivity index (χ1n) is 32.5. The Morgan fingerprint density at radius 2 is 0.469 bits per heavy atom. The van der Waals surface area contributed by atoms with Crippen LogP contribution in [0, 0.1) is 34.0 Å². The fourth-order valence-electron chi connectivity index (χ4n) is 13.8. The molecule has 0 fully saturated rings. The summed E-state index contributed by atoms with van der Waals surface area (Å²) < 4.78 is 4.69. The van der Waals surface area contributed by atoms with Crippen molar-refractivity contribution in [1.29, 1.82) is 15.8 Å². The van der Waals surface area contributed by atoms with Crippen LogP contribution in [0.4, 0.5) is 0 Å². The third kappa shape index (κ3) is 10.6. The van der Waals surface area contributed by atoms with Crippen molar-refractivity contribution in [3.8, 4) is 142 Å². The molecule has 14 aromatic carbocycles. The summed E-state index contributed by atoms with van der Waals surface area (Å²) in [7, 11) is 0. The summed E-state index contributed by atoms with van der Waals surface area (Å²) in [6.07, 6.45) is 0. The summed E-state index contributed by atoms with van der Waals surface area (Å²) in [4.78, 5) is 16.9. The zero-order valence-corrected chi connectivity index (χ0v) is 52.8. The third-order valence-electron chi connectivity index (χ3n) is 18.7. The molecule has 0 saturated carbocycles. The van der Waals surface area contributed by atoms with E-state index in [0.29, 0.717) is 34.2 Å². The van der Waals surface area contributed by atoms with Gasteiger partial charge < -0.3 is 9.13 Å². The summed E-state index contributed by atoms with van der Waals surface area (Å²) in [5.74, 6) is 1.32. The largest absolute Gasteiger partial charge is 0.308 e. The molecule has 8 nitrogen and oxygen atoms in total. The van der Waals surface area contributed by atoms with E-state index in [1.54, 1.807) is 0 Å². The molecule has 8 heteroatoms. The zero-order valence-electron chi connectivity index (χ0n) is 52.8. The van der Waals surface area contributed by atoms with Crippen LogP contribution in [0.5, 0.6) is 0 Å². The van der Waals surface area contributed by atoms with Crippen LogP contribution in [0.15, 0.2) is 328 Å². The number of fused-ring (bicyclic) bond motifs is 6. The molecule has 0 saturated heterocycles. The third-order valence-corrected chi connectivity index (χ3v) is 18.7. The molecule has 3 heterocycles. The Hall–Kier alpha value is -13.8. The van der Waals surface area contributed by atoms with E-state index < -0.39 is 0 Å². The van der Waals surface area contributed by atoms with E-state index in [-0.39, 0.29) is 0 Å². The van der Waals surface area contributed by atoms with Gasteiger partial charge in [0.25, 0.3) is 0 Å². The van der Waals surface area contributed by atoms with E-state index in [1.165, 1.54) is 0 Å². The highest BCUT2D eigenvalue weighted by molar-refractivity contribution is 6.14. The lowest BCUT2D eigenvalue weighted by molar-refractivity contribution is 1.06. The molecule has 3 aromatic heterocycles. The average molecular weight is 1250 g/mol. The van der Waals surface area contributed by atoms with E-state index >= 15 is 0 Å². The van der Waals surface area contributed by atoms with Crippen molar-refractivity contribution in [3.63, 3.8) is 0 Å². The van der Waals surface area contributed by atoms with E-state index in [4.69, 9.17) is 15.0 Å². The van der Waals surface area contributed by atoms with Crippen LogP contribution in [-0.4, -0.2) is 24.1 Å². The van der Waals surface area contributed by atoms with Gasteiger partial charge in [-0.3, -0.25) is 0 Å². The van der Waals surface area contributed by atoms with Crippen LogP contribution in [0.2, 0.25) is 0 Å². The molecular formula is C90H54N8. The summed E-state index contributed by atoms with van der Waals surface area (Å²) in [5, 5.41) is 34.5. The molecule has 0 spiro atoms. The van der Waals surface area contributed by atoms with Gasteiger partial charge in [-0.05, 0) is 187 Å². The quantitative estimate of drug-likeness (QED) is 0.120. The monoisotopic (exact) mass is 1250 g/mol. The zero-order chi connectivity index (χ0) is 65.6. The Morgan fingerprint density at radius 3 is 0.816 bits per heavy atom. The van der Waals surface area contributed by atoms with Crippen molar-refractivity contribution in [2.24, 2.45) is 0 Å². The molecular weight excluding hydrogens is 1190 g/mol. The van der Waals surface area contributed by atoms with Crippen LogP contribution in [0.3, 0.4) is 0 Å². The van der Waals surface area contributed by atoms with Crippen molar-refractivity contribution >= 4 is 43.6 Å². The van der Waals surface area contributed by atoms with Crippen molar-refractivity contribution in [1.82, 2.24) is 24.1 Å². The SMILES string of the molecule is N#Cc1ccc(-c2ccc(-c3nc(-c4ccc(-c5cccc(C#N)c5)cc4-n4c5ccc(-c6ccccc6)cc5c5cc(-c6ccccc6)ccc54)nc(-c4ccc(-c5cccc(C#N)c5)cc4-n4c5ccc(-c6ccccc6)cc5c5cc(-c6ccccc6)ccc54)n3)cc2)cc1. The van der Waals surface area contributed by atoms with Gasteiger partial charge in [-0.2, -0.15) is 15.8 Å². The number of nitriles is 3.